The van der Waals surface area contributed by atoms with Crippen LogP contribution in [0.2, 0.25) is 5.02 Å². The Hall–Kier alpha value is -3.16. The number of hydrogen-bond donors (Lipinski definition) is 0. The van der Waals surface area contributed by atoms with E-state index < -0.39 is 11.2 Å². The molecule has 0 aliphatic rings. The topological polar surface area (TPSA) is 71.1 Å². The monoisotopic (exact) mass is 424 g/mol. The average Bonchev–Trinajstić information content (AvgIpc) is 3.13. The van der Waals surface area contributed by atoms with E-state index in [0.717, 1.165) is 11.1 Å². The standard InChI is InChI=1S/C22H21ClN4O3/c1-15-6-8-16(9-7-15)13-25-14-24-20-19(25)21(28)26(10-11-30-2)22(29)27(20)18-5-3-4-17(23)12-18/h3-9,12,14H,10-11,13H2,1-2H3. The predicted octanol–water partition coefficient (Wildman–Crippen LogP) is 3.01. The molecule has 2 aromatic carbocycles. The van der Waals surface area contributed by atoms with Crippen LogP contribution >= 0.6 is 11.6 Å². The van der Waals surface area contributed by atoms with Crippen molar-refractivity contribution < 1.29 is 4.74 Å². The van der Waals surface area contributed by atoms with E-state index in [2.05, 4.69) is 4.98 Å². The van der Waals surface area contributed by atoms with Crippen molar-refractivity contribution in [2.24, 2.45) is 0 Å². The predicted molar refractivity (Wildman–Crippen MR) is 117 cm³/mol. The number of aryl methyl sites for hydroxylation is 1. The number of ether oxygens (including phenoxy) is 1. The fourth-order valence-corrected chi connectivity index (χ4v) is 3.60. The van der Waals surface area contributed by atoms with Gasteiger partial charge in [-0.3, -0.25) is 9.36 Å². The first-order valence-corrected chi connectivity index (χ1v) is 9.88. The van der Waals surface area contributed by atoms with Gasteiger partial charge in [0.2, 0.25) is 0 Å². The number of halogens is 1. The molecular formula is C22H21ClN4O3. The minimum atomic E-state index is -0.479. The summed E-state index contributed by atoms with van der Waals surface area (Å²) in [6.45, 7) is 2.86. The molecule has 0 aliphatic carbocycles. The van der Waals surface area contributed by atoms with E-state index in [0.29, 0.717) is 28.4 Å². The molecule has 0 saturated carbocycles. The molecule has 0 saturated heterocycles. The zero-order chi connectivity index (χ0) is 21.3. The van der Waals surface area contributed by atoms with Crippen molar-refractivity contribution in [3.8, 4) is 5.69 Å². The molecule has 4 aromatic rings. The summed E-state index contributed by atoms with van der Waals surface area (Å²) in [4.78, 5) is 30.9. The fraction of sp³-hybridized carbons (Fsp3) is 0.227. The molecule has 154 valence electrons. The summed E-state index contributed by atoms with van der Waals surface area (Å²) in [5.41, 5.74) is 2.51. The molecule has 2 heterocycles. The highest BCUT2D eigenvalue weighted by Gasteiger charge is 2.19. The van der Waals surface area contributed by atoms with E-state index in [1.54, 1.807) is 35.2 Å². The van der Waals surface area contributed by atoms with Crippen LogP contribution in [0.5, 0.6) is 0 Å². The number of hydrogen-bond acceptors (Lipinski definition) is 4. The Balaban J connectivity index is 1.96. The van der Waals surface area contributed by atoms with Crippen molar-refractivity contribution in [1.29, 1.82) is 0 Å². The molecule has 0 amide bonds. The second kappa shape index (κ2) is 8.30. The lowest BCUT2D eigenvalue weighted by Crippen LogP contribution is -2.41. The molecular weight excluding hydrogens is 404 g/mol. The first-order valence-electron chi connectivity index (χ1n) is 9.50. The third-order valence-corrected chi connectivity index (χ3v) is 5.19. The molecule has 0 spiro atoms. The maximum absolute atomic E-state index is 13.2. The summed E-state index contributed by atoms with van der Waals surface area (Å²) < 4.78 is 9.47. The summed E-state index contributed by atoms with van der Waals surface area (Å²) in [6.07, 6.45) is 1.59. The minimum absolute atomic E-state index is 0.139. The normalized spacial score (nSPS) is 11.3. The number of methoxy groups -OCH3 is 1. The summed E-state index contributed by atoms with van der Waals surface area (Å²) >= 11 is 6.15. The Labute approximate surface area is 177 Å². The first kappa shape index (κ1) is 20.1. The van der Waals surface area contributed by atoms with Crippen LogP contribution in [0, 0.1) is 6.92 Å². The Kier molecular flexibility index (Phi) is 5.57. The fourth-order valence-electron chi connectivity index (χ4n) is 3.42. The van der Waals surface area contributed by atoms with Gasteiger partial charge in [-0.1, -0.05) is 47.5 Å². The number of imidazole rings is 1. The van der Waals surface area contributed by atoms with Crippen LogP contribution in [0.3, 0.4) is 0 Å². The van der Waals surface area contributed by atoms with E-state index in [1.807, 2.05) is 31.2 Å². The molecule has 30 heavy (non-hydrogen) atoms. The van der Waals surface area contributed by atoms with Gasteiger partial charge in [-0.15, -0.1) is 0 Å². The largest absolute Gasteiger partial charge is 0.383 e. The SMILES string of the molecule is COCCn1c(=O)c2c(ncn2Cc2ccc(C)cc2)n(-c2cccc(Cl)c2)c1=O. The molecule has 0 radical (unpaired) electrons. The second-order valence-electron chi connectivity index (χ2n) is 7.08. The molecule has 0 N–H and O–H groups in total. The first-order chi connectivity index (χ1) is 14.5. The van der Waals surface area contributed by atoms with Crippen molar-refractivity contribution in [3.63, 3.8) is 0 Å². The molecule has 0 bridgehead atoms. The van der Waals surface area contributed by atoms with Crippen molar-refractivity contribution in [3.05, 3.63) is 91.8 Å². The highest BCUT2D eigenvalue weighted by molar-refractivity contribution is 6.30. The minimum Gasteiger partial charge on any atom is -0.383 e. The smallest absolute Gasteiger partial charge is 0.337 e. The summed E-state index contributed by atoms with van der Waals surface area (Å²) in [5, 5.41) is 0.487. The lowest BCUT2D eigenvalue weighted by atomic mass is 10.1. The van der Waals surface area contributed by atoms with E-state index in [9.17, 15) is 9.59 Å². The van der Waals surface area contributed by atoms with Crippen LogP contribution in [0.1, 0.15) is 11.1 Å². The Bertz CT molecular complexity index is 1320. The van der Waals surface area contributed by atoms with Gasteiger partial charge < -0.3 is 9.30 Å². The molecule has 0 aliphatic heterocycles. The summed E-state index contributed by atoms with van der Waals surface area (Å²) in [5.74, 6) is 0. The van der Waals surface area contributed by atoms with E-state index in [1.165, 1.54) is 16.2 Å². The van der Waals surface area contributed by atoms with Gasteiger partial charge in [-0.2, -0.15) is 0 Å². The zero-order valence-electron chi connectivity index (χ0n) is 16.7. The van der Waals surface area contributed by atoms with Crippen molar-refractivity contribution in [2.45, 2.75) is 20.0 Å². The summed E-state index contributed by atoms with van der Waals surface area (Å²) in [7, 11) is 1.53. The highest BCUT2D eigenvalue weighted by Crippen LogP contribution is 2.18. The van der Waals surface area contributed by atoms with Crippen LogP contribution in [0.25, 0.3) is 16.9 Å². The van der Waals surface area contributed by atoms with Crippen molar-refractivity contribution in [2.75, 3.05) is 13.7 Å². The lowest BCUT2D eigenvalue weighted by molar-refractivity contribution is 0.184. The molecule has 0 unspecified atom stereocenters. The van der Waals surface area contributed by atoms with Crippen molar-refractivity contribution >= 4 is 22.8 Å². The molecule has 4 rings (SSSR count). The third-order valence-electron chi connectivity index (χ3n) is 4.96. The number of benzene rings is 2. The molecule has 8 heteroatoms. The molecule has 7 nitrogen and oxygen atoms in total. The Morgan fingerprint density at radius 3 is 2.57 bits per heavy atom. The zero-order valence-corrected chi connectivity index (χ0v) is 17.5. The van der Waals surface area contributed by atoms with Gasteiger partial charge in [0, 0.05) is 18.7 Å². The van der Waals surface area contributed by atoms with Gasteiger partial charge >= 0.3 is 5.69 Å². The number of aromatic nitrogens is 4. The average molecular weight is 425 g/mol. The Morgan fingerprint density at radius 2 is 1.87 bits per heavy atom. The van der Waals surface area contributed by atoms with Gasteiger partial charge in [-0.25, -0.2) is 14.3 Å². The van der Waals surface area contributed by atoms with Crippen LogP contribution in [-0.2, 0) is 17.8 Å². The lowest BCUT2D eigenvalue weighted by Gasteiger charge is -2.13. The molecule has 0 fully saturated rings. The van der Waals surface area contributed by atoms with Crippen LogP contribution in [0.4, 0.5) is 0 Å². The second-order valence-corrected chi connectivity index (χ2v) is 7.51. The third kappa shape index (κ3) is 3.69. The molecule has 0 atom stereocenters. The van der Waals surface area contributed by atoms with Crippen LogP contribution in [-0.4, -0.2) is 32.4 Å². The van der Waals surface area contributed by atoms with Gasteiger partial charge in [-0.05, 0) is 30.7 Å². The number of nitrogens with zero attached hydrogens (tertiary/aromatic N) is 4. The number of fused-ring (bicyclic) bond motifs is 1. The van der Waals surface area contributed by atoms with Crippen LogP contribution in [0.15, 0.2) is 64.4 Å². The van der Waals surface area contributed by atoms with E-state index in [4.69, 9.17) is 16.3 Å². The number of rotatable bonds is 6. The van der Waals surface area contributed by atoms with Gasteiger partial charge in [0.05, 0.1) is 25.2 Å². The van der Waals surface area contributed by atoms with Gasteiger partial charge in [0.25, 0.3) is 5.56 Å². The maximum Gasteiger partial charge on any atom is 0.337 e. The molecule has 2 aromatic heterocycles. The summed E-state index contributed by atoms with van der Waals surface area (Å²) in [6, 6.07) is 15.0. The van der Waals surface area contributed by atoms with Gasteiger partial charge in [0.15, 0.2) is 11.2 Å². The van der Waals surface area contributed by atoms with Gasteiger partial charge in [0.1, 0.15) is 0 Å². The van der Waals surface area contributed by atoms with Crippen LogP contribution < -0.4 is 11.2 Å². The Morgan fingerprint density at radius 1 is 1.10 bits per heavy atom. The quantitative estimate of drug-likeness (QED) is 0.477. The van der Waals surface area contributed by atoms with E-state index >= 15 is 0 Å². The highest BCUT2D eigenvalue weighted by atomic mass is 35.5. The maximum atomic E-state index is 13.2. The van der Waals surface area contributed by atoms with Crippen molar-refractivity contribution in [1.82, 2.24) is 18.7 Å². The van der Waals surface area contributed by atoms with E-state index in [-0.39, 0.29) is 13.2 Å².